The van der Waals surface area contributed by atoms with E-state index in [1.165, 1.54) is 0 Å². The summed E-state index contributed by atoms with van der Waals surface area (Å²) >= 11 is 0. The van der Waals surface area contributed by atoms with Crippen LogP contribution in [0.5, 0.6) is 0 Å². The van der Waals surface area contributed by atoms with Crippen LogP contribution in [-0.2, 0) is 11.3 Å². The molecule has 2 unspecified atom stereocenters. The second kappa shape index (κ2) is 5.61. The first kappa shape index (κ1) is 13.9. The van der Waals surface area contributed by atoms with Crippen molar-refractivity contribution in [1.29, 1.82) is 0 Å². The molecule has 1 fully saturated rings. The molecule has 2 rings (SSSR count). The predicted octanol–water partition coefficient (Wildman–Crippen LogP) is 1.09. The highest BCUT2D eigenvalue weighted by molar-refractivity contribution is 5.98. The Kier molecular flexibility index (Phi) is 4.09. The third-order valence-corrected chi connectivity index (χ3v) is 3.51. The number of rotatable bonds is 3. The molecule has 0 radical (unpaired) electrons. The quantitative estimate of drug-likeness (QED) is 0.858. The van der Waals surface area contributed by atoms with Crippen LogP contribution in [-0.4, -0.2) is 34.4 Å². The zero-order valence-corrected chi connectivity index (χ0v) is 11.8. The Morgan fingerprint density at radius 2 is 2.37 bits per heavy atom. The molecule has 1 aliphatic heterocycles. The second-order valence-corrected chi connectivity index (χ2v) is 5.04. The van der Waals surface area contributed by atoms with E-state index in [-0.39, 0.29) is 18.1 Å². The number of nitrogens with one attached hydrogen (secondary N) is 1. The molecule has 1 saturated heterocycles. The third kappa shape index (κ3) is 2.89. The molecule has 0 spiro atoms. The fraction of sp³-hybridized carbons (Fsp3) is 0.692. The number of hydrogen-bond donors (Lipinski definition) is 2. The number of ether oxygens (including phenoxy) is 1. The Hall–Kier alpha value is -1.56. The van der Waals surface area contributed by atoms with Crippen LogP contribution in [0.2, 0.25) is 0 Å². The zero-order chi connectivity index (χ0) is 14.0. The van der Waals surface area contributed by atoms with E-state index in [2.05, 4.69) is 10.4 Å². The number of aromatic nitrogens is 2. The van der Waals surface area contributed by atoms with Crippen molar-refractivity contribution in [3.63, 3.8) is 0 Å². The molecular weight excluding hydrogens is 244 g/mol. The topological polar surface area (TPSA) is 82.2 Å². The van der Waals surface area contributed by atoms with Crippen molar-refractivity contribution >= 4 is 11.6 Å². The van der Waals surface area contributed by atoms with Crippen molar-refractivity contribution in [3.8, 4) is 0 Å². The maximum atomic E-state index is 12.3. The van der Waals surface area contributed by atoms with Crippen LogP contribution in [0.15, 0.2) is 0 Å². The van der Waals surface area contributed by atoms with Crippen LogP contribution < -0.4 is 11.1 Å². The van der Waals surface area contributed by atoms with Crippen molar-refractivity contribution in [2.75, 3.05) is 12.3 Å². The molecule has 106 valence electrons. The summed E-state index contributed by atoms with van der Waals surface area (Å²) in [6, 6.07) is 0.149. The van der Waals surface area contributed by atoms with E-state index in [1.54, 1.807) is 4.68 Å². The average Bonchev–Trinajstić information content (AvgIpc) is 2.65. The zero-order valence-electron chi connectivity index (χ0n) is 11.8. The van der Waals surface area contributed by atoms with Crippen LogP contribution in [0.4, 0.5) is 5.69 Å². The first-order valence-corrected chi connectivity index (χ1v) is 6.78. The number of nitrogens with two attached hydrogens (primary N) is 1. The molecule has 0 bridgehead atoms. The number of carbonyl (C=O) groups is 1. The summed E-state index contributed by atoms with van der Waals surface area (Å²) < 4.78 is 7.13. The van der Waals surface area contributed by atoms with Crippen molar-refractivity contribution in [2.45, 2.75) is 52.3 Å². The van der Waals surface area contributed by atoms with Crippen molar-refractivity contribution in [3.05, 3.63) is 11.4 Å². The van der Waals surface area contributed by atoms with Gasteiger partial charge in [-0.25, -0.2) is 0 Å². The smallest absolute Gasteiger partial charge is 0.271 e. The highest BCUT2D eigenvalue weighted by atomic mass is 16.5. The molecule has 6 heteroatoms. The number of hydrogen-bond acceptors (Lipinski definition) is 4. The number of carbonyl (C=O) groups excluding carboxylic acids is 1. The van der Waals surface area contributed by atoms with Crippen molar-refractivity contribution in [2.24, 2.45) is 0 Å². The summed E-state index contributed by atoms with van der Waals surface area (Å²) in [4.78, 5) is 12.3. The van der Waals surface area contributed by atoms with Gasteiger partial charge in [-0.05, 0) is 33.6 Å². The number of nitrogens with zero attached hydrogens (tertiary/aromatic N) is 2. The van der Waals surface area contributed by atoms with Gasteiger partial charge in [0.2, 0.25) is 0 Å². The molecule has 1 amide bonds. The van der Waals surface area contributed by atoms with Gasteiger partial charge in [0.1, 0.15) is 5.69 Å². The first-order valence-electron chi connectivity index (χ1n) is 6.78. The van der Waals surface area contributed by atoms with Gasteiger partial charge in [0, 0.05) is 19.2 Å². The Morgan fingerprint density at radius 3 is 3.00 bits per heavy atom. The van der Waals surface area contributed by atoms with Gasteiger partial charge in [-0.15, -0.1) is 0 Å². The molecule has 0 aliphatic carbocycles. The predicted molar refractivity (Wildman–Crippen MR) is 73.0 cm³/mol. The van der Waals surface area contributed by atoms with Gasteiger partial charge in [-0.2, -0.15) is 5.10 Å². The summed E-state index contributed by atoms with van der Waals surface area (Å²) in [6.07, 6.45) is 1.87. The Bertz CT molecular complexity index is 469. The minimum Gasteiger partial charge on any atom is -0.395 e. The number of nitrogen functional groups attached to an aromatic ring is 1. The van der Waals surface area contributed by atoms with E-state index < -0.39 is 0 Å². The van der Waals surface area contributed by atoms with E-state index in [9.17, 15) is 4.79 Å². The van der Waals surface area contributed by atoms with E-state index in [0.717, 1.165) is 12.8 Å². The van der Waals surface area contributed by atoms with Gasteiger partial charge in [0.05, 0.1) is 17.5 Å². The van der Waals surface area contributed by atoms with Gasteiger partial charge < -0.3 is 15.8 Å². The number of anilines is 1. The monoisotopic (exact) mass is 266 g/mol. The maximum Gasteiger partial charge on any atom is 0.271 e. The number of aryl methyl sites for hydroxylation is 2. The molecular formula is C13H22N4O2. The Labute approximate surface area is 113 Å². The molecule has 0 saturated carbocycles. The summed E-state index contributed by atoms with van der Waals surface area (Å²) in [7, 11) is 0. The molecule has 3 N–H and O–H groups in total. The normalized spacial score (nSPS) is 23.3. The van der Waals surface area contributed by atoms with E-state index in [0.29, 0.717) is 30.2 Å². The fourth-order valence-corrected chi connectivity index (χ4v) is 2.45. The van der Waals surface area contributed by atoms with Gasteiger partial charge >= 0.3 is 0 Å². The highest BCUT2D eigenvalue weighted by Gasteiger charge is 2.25. The molecule has 1 aromatic rings. The lowest BCUT2D eigenvalue weighted by Gasteiger charge is -2.28. The molecule has 0 aromatic carbocycles. The van der Waals surface area contributed by atoms with E-state index in [4.69, 9.17) is 10.5 Å². The Balaban J connectivity index is 2.11. The van der Waals surface area contributed by atoms with Gasteiger partial charge in [-0.3, -0.25) is 9.48 Å². The summed E-state index contributed by atoms with van der Waals surface area (Å²) in [6.45, 7) is 7.10. The largest absolute Gasteiger partial charge is 0.395 e. The van der Waals surface area contributed by atoms with Crippen LogP contribution in [0.3, 0.4) is 0 Å². The van der Waals surface area contributed by atoms with Crippen LogP contribution >= 0.6 is 0 Å². The summed E-state index contributed by atoms with van der Waals surface area (Å²) in [5.41, 5.74) is 7.59. The third-order valence-electron chi connectivity index (χ3n) is 3.51. The fourth-order valence-electron chi connectivity index (χ4n) is 2.45. The molecule has 1 aromatic heterocycles. The minimum absolute atomic E-state index is 0.140. The average molecular weight is 266 g/mol. The second-order valence-electron chi connectivity index (χ2n) is 5.04. The molecule has 19 heavy (non-hydrogen) atoms. The lowest BCUT2D eigenvalue weighted by molar-refractivity contribution is 0.0136. The first-order chi connectivity index (χ1) is 9.02. The standard InChI is InChI=1S/C13H22N4O2/c1-4-17-12(11(14)9(3)16-17)13(18)15-10-5-6-19-8(2)7-10/h8,10H,4-7,14H2,1-3H3,(H,15,18). The summed E-state index contributed by atoms with van der Waals surface area (Å²) in [5, 5.41) is 7.30. The van der Waals surface area contributed by atoms with Gasteiger partial charge in [-0.1, -0.05) is 0 Å². The SMILES string of the molecule is CCn1nc(C)c(N)c1C(=O)NC1CCOC(C)C1. The van der Waals surface area contributed by atoms with Crippen LogP contribution in [0, 0.1) is 6.92 Å². The molecule has 2 atom stereocenters. The Morgan fingerprint density at radius 1 is 1.63 bits per heavy atom. The van der Waals surface area contributed by atoms with Crippen LogP contribution in [0.1, 0.15) is 42.9 Å². The minimum atomic E-state index is -0.140. The van der Waals surface area contributed by atoms with Gasteiger partial charge in [0.15, 0.2) is 0 Å². The van der Waals surface area contributed by atoms with Crippen molar-refractivity contribution < 1.29 is 9.53 Å². The van der Waals surface area contributed by atoms with Crippen LogP contribution in [0.25, 0.3) is 0 Å². The molecule has 6 nitrogen and oxygen atoms in total. The highest BCUT2D eigenvalue weighted by Crippen LogP contribution is 2.18. The number of amides is 1. The lowest BCUT2D eigenvalue weighted by Crippen LogP contribution is -2.42. The lowest BCUT2D eigenvalue weighted by atomic mass is 10.0. The summed E-state index contributed by atoms with van der Waals surface area (Å²) in [5.74, 6) is -0.140. The molecule has 1 aliphatic rings. The molecule has 2 heterocycles. The maximum absolute atomic E-state index is 12.3. The van der Waals surface area contributed by atoms with Gasteiger partial charge in [0.25, 0.3) is 5.91 Å². The van der Waals surface area contributed by atoms with E-state index in [1.807, 2.05) is 20.8 Å². The van der Waals surface area contributed by atoms with E-state index >= 15 is 0 Å². The van der Waals surface area contributed by atoms with Crippen molar-refractivity contribution in [1.82, 2.24) is 15.1 Å².